The van der Waals surface area contributed by atoms with Gasteiger partial charge in [-0.25, -0.2) is 9.69 Å². The molecule has 0 unspecified atom stereocenters. The van der Waals surface area contributed by atoms with E-state index in [4.69, 9.17) is 4.74 Å². The first kappa shape index (κ1) is 11.2. The van der Waals surface area contributed by atoms with E-state index in [1.165, 1.54) is 0 Å². The lowest BCUT2D eigenvalue weighted by molar-refractivity contribution is -0.115. The fourth-order valence-corrected chi connectivity index (χ4v) is 2.20. The zero-order chi connectivity index (χ0) is 11.7. The van der Waals surface area contributed by atoms with Crippen LogP contribution in [0.2, 0.25) is 0 Å². The molecule has 1 fully saturated rings. The van der Waals surface area contributed by atoms with Gasteiger partial charge in [0.25, 0.3) is 5.91 Å². The first-order valence-electron chi connectivity index (χ1n) is 4.58. The highest BCUT2D eigenvalue weighted by molar-refractivity contribution is 14.1. The Balaban J connectivity index is 2.37. The smallest absolute Gasteiger partial charge is 0.329 e. The number of urea groups is 1. The molecule has 1 aromatic rings. The van der Waals surface area contributed by atoms with E-state index in [9.17, 15) is 9.59 Å². The second kappa shape index (κ2) is 4.28. The number of rotatable bonds is 2. The van der Waals surface area contributed by atoms with E-state index in [-0.39, 0.29) is 18.5 Å². The van der Waals surface area contributed by atoms with Crippen molar-refractivity contribution in [1.29, 1.82) is 0 Å². The lowest BCUT2D eigenvalue weighted by Crippen LogP contribution is -2.30. The molecule has 1 aromatic carbocycles. The van der Waals surface area contributed by atoms with Crippen molar-refractivity contribution in [2.75, 3.05) is 18.6 Å². The van der Waals surface area contributed by atoms with E-state index < -0.39 is 0 Å². The molecule has 2 rings (SSSR count). The van der Waals surface area contributed by atoms with Gasteiger partial charge in [0.05, 0.1) is 22.9 Å². The second-order valence-corrected chi connectivity index (χ2v) is 4.37. The summed E-state index contributed by atoms with van der Waals surface area (Å²) in [4.78, 5) is 24.0. The number of carbonyl (C=O) groups excluding carboxylic acids is 2. The zero-order valence-electron chi connectivity index (χ0n) is 8.49. The Bertz CT molecular complexity index is 445. The minimum atomic E-state index is -0.383. The summed E-state index contributed by atoms with van der Waals surface area (Å²) in [6.07, 6.45) is 0. The molecule has 1 saturated heterocycles. The minimum Gasteiger partial charge on any atom is -0.496 e. The van der Waals surface area contributed by atoms with Gasteiger partial charge in [0.1, 0.15) is 5.75 Å². The fourth-order valence-electron chi connectivity index (χ4n) is 1.48. The maximum absolute atomic E-state index is 11.5. The van der Waals surface area contributed by atoms with Gasteiger partial charge < -0.3 is 10.1 Å². The van der Waals surface area contributed by atoms with Crippen LogP contribution in [0.3, 0.4) is 0 Å². The topological polar surface area (TPSA) is 58.6 Å². The van der Waals surface area contributed by atoms with E-state index in [1.807, 2.05) is 0 Å². The Hall–Kier alpha value is -1.31. The van der Waals surface area contributed by atoms with Crippen LogP contribution in [0.15, 0.2) is 18.2 Å². The highest BCUT2D eigenvalue weighted by Crippen LogP contribution is 2.27. The van der Waals surface area contributed by atoms with Gasteiger partial charge in [0, 0.05) is 0 Å². The number of benzene rings is 1. The molecule has 0 aliphatic carbocycles. The maximum atomic E-state index is 11.5. The molecule has 6 heteroatoms. The Labute approximate surface area is 106 Å². The normalized spacial score (nSPS) is 15.2. The number of nitrogens with one attached hydrogen (secondary N) is 1. The largest absolute Gasteiger partial charge is 0.496 e. The van der Waals surface area contributed by atoms with Crippen molar-refractivity contribution in [2.24, 2.45) is 0 Å². The number of hydrogen-bond acceptors (Lipinski definition) is 3. The molecule has 3 amide bonds. The average molecular weight is 332 g/mol. The number of nitrogens with zero attached hydrogens (tertiary/aromatic N) is 1. The quantitative estimate of drug-likeness (QED) is 0.657. The van der Waals surface area contributed by atoms with Crippen molar-refractivity contribution in [2.45, 2.75) is 0 Å². The van der Waals surface area contributed by atoms with Crippen LogP contribution in [-0.4, -0.2) is 25.6 Å². The summed E-state index contributed by atoms with van der Waals surface area (Å²) in [6, 6.07) is 4.77. The van der Waals surface area contributed by atoms with Crippen LogP contribution >= 0.6 is 22.6 Å². The summed E-state index contributed by atoms with van der Waals surface area (Å²) in [5.74, 6) is 0.474. The molecule has 1 aliphatic heterocycles. The first-order valence-corrected chi connectivity index (χ1v) is 5.65. The van der Waals surface area contributed by atoms with E-state index in [2.05, 4.69) is 27.9 Å². The third-order valence-electron chi connectivity index (χ3n) is 2.24. The van der Waals surface area contributed by atoms with Gasteiger partial charge in [-0.15, -0.1) is 0 Å². The Morgan fingerprint density at radius 2 is 2.19 bits per heavy atom. The summed E-state index contributed by atoms with van der Waals surface area (Å²) < 4.78 is 5.96. The van der Waals surface area contributed by atoms with E-state index >= 15 is 0 Å². The number of carbonyl (C=O) groups is 2. The monoisotopic (exact) mass is 332 g/mol. The van der Waals surface area contributed by atoms with Crippen LogP contribution in [-0.2, 0) is 4.79 Å². The average Bonchev–Trinajstić information content (AvgIpc) is 2.58. The van der Waals surface area contributed by atoms with E-state index in [1.54, 1.807) is 25.3 Å². The summed E-state index contributed by atoms with van der Waals surface area (Å²) >= 11 is 2.09. The fraction of sp³-hybridized carbons (Fsp3) is 0.200. The van der Waals surface area contributed by atoms with Crippen LogP contribution in [0.5, 0.6) is 5.75 Å². The molecule has 16 heavy (non-hydrogen) atoms. The molecule has 5 nitrogen and oxygen atoms in total. The number of halogens is 1. The van der Waals surface area contributed by atoms with E-state index in [0.717, 1.165) is 14.2 Å². The van der Waals surface area contributed by atoms with Crippen LogP contribution in [0.25, 0.3) is 0 Å². The number of methoxy groups -OCH3 is 1. The Morgan fingerprint density at radius 1 is 1.44 bits per heavy atom. The standard InChI is InChI=1S/C10H9IN2O3/c1-16-8-3-2-6(4-7(8)11)13-9(14)5-12-10(13)15/h2-4H,5H2,1H3,(H,12,15). The second-order valence-electron chi connectivity index (χ2n) is 3.21. The lowest BCUT2D eigenvalue weighted by Gasteiger charge is -2.13. The number of anilines is 1. The van der Waals surface area contributed by atoms with E-state index in [0.29, 0.717) is 5.69 Å². The van der Waals surface area contributed by atoms with Gasteiger partial charge in [-0.05, 0) is 40.8 Å². The van der Waals surface area contributed by atoms with Crippen molar-refractivity contribution in [3.63, 3.8) is 0 Å². The number of imide groups is 1. The van der Waals surface area contributed by atoms with Crippen molar-refractivity contribution < 1.29 is 14.3 Å². The Morgan fingerprint density at radius 3 is 2.69 bits per heavy atom. The highest BCUT2D eigenvalue weighted by Gasteiger charge is 2.30. The number of ether oxygens (including phenoxy) is 1. The lowest BCUT2D eigenvalue weighted by atomic mass is 10.3. The van der Waals surface area contributed by atoms with Crippen LogP contribution in [0, 0.1) is 3.57 Å². The van der Waals surface area contributed by atoms with Crippen molar-refractivity contribution >= 4 is 40.2 Å². The van der Waals surface area contributed by atoms with Gasteiger partial charge >= 0.3 is 6.03 Å². The number of hydrogen-bond donors (Lipinski definition) is 1. The van der Waals surface area contributed by atoms with Crippen molar-refractivity contribution in [1.82, 2.24) is 5.32 Å². The summed E-state index contributed by atoms with van der Waals surface area (Å²) in [5.41, 5.74) is 0.560. The SMILES string of the molecule is COc1ccc(N2C(=O)CNC2=O)cc1I. The Kier molecular flexibility index (Phi) is 2.99. The third-order valence-corrected chi connectivity index (χ3v) is 3.08. The highest BCUT2D eigenvalue weighted by atomic mass is 127. The van der Waals surface area contributed by atoms with Crippen molar-refractivity contribution in [3.8, 4) is 5.75 Å². The molecular formula is C10H9IN2O3. The van der Waals surface area contributed by atoms with Gasteiger partial charge in [-0.1, -0.05) is 0 Å². The van der Waals surface area contributed by atoms with Crippen LogP contribution in [0.1, 0.15) is 0 Å². The zero-order valence-corrected chi connectivity index (χ0v) is 10.6. The van der Waals surface area contributed by atoms with Crippen molar-refractivity contribution in [3.05, 3.63) is 21.8 Å². The molecular weight excluding hydrogens is 323 g/mol. The third kappa shape index (κ3) is 1.84. The molecule has 84 valence electrons. The molecule has 0 spiro atoms. The predicted octanol–water partition coefficient (Wildman–Crippen LogP) is 1.36. The minimum absolute atomic E-state index is 0.0570. The van der Waals surface area contributed by atoms with Gasteiger partial charge in [0.15, 0.2) is 0 Å². The summed E-state index contributed by atoms with van der Waals surface area (Å²) in [7, 11) is 1.57. The molecule has 0 atom stereocenters. The summed E-state index contributed by atoms with van der Waals surface area (Å²) in [5, 5.41) is 2.47. The summed E-state index contributed by atoms with van der Waals surface area (Å²) in [6.45, 7) is 0.0570. The first-order chi connectivity index (χ1) is 7.63. The van der Waals surface area contributed by atoms with Gasteiger partial charge in [0.2, 0.25) is 0 Å². The predicted molar refractivity (Wildman–Crippen MR) is 66.6 cm³/mol. The molecule has 0 bridgehead atoms. The molecule has 1 N–H and O–H groups in total. The van der Waals surface area contributed by atoms with Crippen LogP contribution in [0.4, 0.5) is 10.5 Å². The maximum Gasteiger partial charge on any atom is 0.329 e. The molecule has 0 radical (unpaired) electrons. The van der Waals surface area contributed by atoms with Gasteiger partial charge in [-0.2, -0.15) is 0 Å². The van der Waals surface area contributed by atoms with Gasteiger partial charge in [-0.3, -0.25) is 4.79 Å². The molecule has 0 aromatic heterocycles. The van der Waals surface area contributed by atoms with Crippen LogP contribution < -0.4 is 15.0 Å². The molecule has 1 heterocycles. The number of amides is 3. The molecule has 0 saturated carbocycles. The molecule has 1 aliphatic rings.